The van der Waals surface area contributed by atoms with Crippen LogP contribution in [0.3, 0.4) is 0 Å². The number of hydrogen-bond donors (Lipinski definition) is 2. The maximum absolute atomic E-state index is 13.5. The fourth-order valence-electron chi connectivity index (χ4n) is 3.11. The molecule has 1 fully saturated rings. The number of nitrogens with one attached hydrogen (secondary N) is 2. The Morgan fingerprint density at radius 3 is 2.45 bits per heavy atom. The standard InChI is InChI=1S/C22H24FN3O4S/c1-16-3-7-18(15-20(16)23)22(28)25-12-11-24-21(27)10-6-17-4-8-19(9-5-17)26-13-2-14-31(26,29)30/h3-10,15H,2,11-14H2,1H3,(H,24,27)(H,25,28)/b10-6+. The van der Waals surface area contributed by atoms with Crippen LogP contribution in [0, 0.1) is 12.7 Å². The smallest absolute Gasteiger partial charge is 0.251 e. The Morgan fingerprint density at radius 1 is 1.10 bits per heavy atom. The van der Waals surface area contributed by atoms with Gasteiger partial charge in [-0.3, -0.25) is 13.9 Å². The van der Waals surface area contributed by atoms with Gasteiger partial charge in [-0.05, 0) is 54.8 Å². The average molecular weight is 446 g/mol. The van der Waals surface area contributed by atoms with Crippen LogP contribution >= 0.6 is 0 Å². The number of anilines is 1. The van der Waals surface area contributed by atoms with Crippen LogP contribution < -0.4 is 14.9 Å². The highest BCUT2D eigenvalue weighted by Crippen LogP contribution is 2.24. The minimum atomic E-state index is -3.22. The van der Waals surface area contributed by atoms with Gasteiger partial charge in [-0.2, -0.15) is 0 Å². The molecule has 0 aliphatic carbocycles. The van der Waals surface area contributed by atoms with Crippen molar-refractivity contribution in [1.82, 2.24) is 10.6 Å². The molecule has 0 bridgehead atoms. The first-order chi connectivity index (χ1) is 14.8. The summed E-state index contributed by atoms with van der Waals surface area (Å²) in [6.07, 6.45) is 3.59. The number of rotatable bonds is 7. The van der Waals surface area contributed by atoms with Crippen LogP contribution in [0.1, 0.15) is 27.9 Å². The maximum atomic E-state index is 13.5. The Labute approximate surface area is 181 Å². The lowest BCUT2D eigenvalue weighted by Crippen LogP contribution is -2.34. The number of halogens is 1. The fraction of sp³-hybridized carbons (Fsp3) is 0.273. The normalized spacial score (nSPS) is 15.2. The van der Waals surface area contributed by atoms with Crippen molar-refractivity contribution in [3.05, 3.63) is 71.0 Å². The maximum Gasteiger partial charge on any atom is 0.251 e. The van der Waals surface area contributed by atoms with Crippen molar-refractivity contribution in [1.29, 1.82) is 0 Å². The van der Waals surface area contributed by atoms with Gasteiger partial charge in [0.2, 0.25) is 15.9 Å². The number of hydrogen-bond acceptors (Lipinski definition) is 4. The zero-order chi connectivity index (χ0) is 22.4. The second-order valence-electron chi connectivity index (χ2n) is 7.18. The number of sulfonamides is 1. The lowest BCUT2D eigenvalue weighted by Gasteiger charge is -2.16. The lowest BCUT2D eigenvalue weighted by molar-refractivity contribution is -0.116. The molecule has 1 aliphatic heterocycles. The van der Waals surface area contributed by atoms with Crippen molar-refractivity contribution in [2.24, 2.45) is 0 Å². The Balaban J connectivity index is 1.43. The van der Waals surface area contributed by atoms with E-state index < -0.39 is 21.7 Å². The first-order valence-corrected chi connectivity index (χ1v) is 11.5. The van der Waals surface area contributed by atoms with Crippen molar-refractivity contribution >= 4 is 33.6 Å². The number of carbonyl (C=O) groups excluding carboxylic acids is 2. The SMILES string of the molecule is Cc1ccc(C(=O)NCCNC(=O)/C=C/c2ccc(N3CCCS3(=O)=O)cc2)cc1F. The third-order valence-electron chi connectivity index (χ3n) is 4.85. The summed E-state index contributed by atoms with van der Waals surface area (Å²) < 4.78 is 38.8. The molecule has 0 aromatic heterocycles. The van der Waals surface area contributed by atoms with Crippen LogP contribution in [-0.4, -0.2) is 45.6 Å². The topological polar surface area (TPSA) is 95.6 Å². The van der Waals surface area contributed by atoms with Gasteiger partial charge in [-0.25, -0.2) is 12.8 Å². The Morgan fingerprint density at radius 2 is 1.81 bits per heavy atom. The molecular weight excluding hydrogens is 421 g/mol. The molecule has 0 saturated carbocycles. The third-order valence-corrected chi connectivity index (χ3v) is 6.72. The van der Waals surface area contributed by atoms with E-state index in [1.165, 1.54) is 22.5 Å². The van der Waals surface area contributed by atoms with Crippen molar-refractivity contribution in [2.75, 3.05) is 29.7 Å². The van der Waals surface area contributed by atoms with Crippen molar-refractivity contribution in [3.63, 3.8) is 0 Å². The molecule has 0 radical (unpaired) electrons. The van der Waals surface area contributed by atoms with E-state index in [2.05, 4.69) is 10.6 Å². The summed E-state index contributed by atoms with van der Waals surface area (Å²) in [6.45, 7) is 2.52. The molecule has 2 N–H and O–H groups in total. The fourth-order valence-corrected chi connectivity index (χ4v) is 4.67. The van der Waals surface area contributed by atoms with Crippen LogP contribution in [0.5, 0.6) is 0 Å². The average Bonchev–Trinajstić information content (AvgIpc) is 3.10. The lowest BCUT2D eigenvalue weighted by atomic mass is 10.1. The second kappa shape index (κ2) is 9.74. The Kier molecular flexibility index (Phi) is 7.06. The summed E-state index contributed by atoms with van der Waals surface area (Å²) >= 11 is 0. The number of amides is 2. The molecule has 0 atom stereocenters. The number of benzene rings is 2. The molecule has 1 heterocycles. The second-order valence-corrected chi connectivity index (χ2v) is 9.19. The monoisotopic (exact) mass is 445 g/mol. The van der Waals surface area contributed by atoms with Gasteiger partial charge in [-0.15, -0.1) is 0 Å². The minimum absolute atomic E-state index is 0.164. The highest BCUT2D eigenvalue weighted by molar-refractivity contribution is 7.93. The number of nitrogens with zero attached hydrogens (tertiary/aromatic N) is 1. The summed E-state index contributed by atoms with van der Waals surface area (Å²) in [4.78, 5) is 23.9. The molecule has 9 heteroatoms. The van der Waals surface area contributed by atoms with Gasteiger partial charge in [0.25, 0.3) is 5.91 Å². The predicted octanol–water partition coefficient (Wildman–Crippen LogP) is 2.23. The Hall–Kier alpha value is -3.20. The van der Waals surface area contributed by atoms with Crippen LogP contribution in [-0.2, 0) is 14.8 Å². The van der Waals surface area contributed by atoms with Gasteiger partial charge in [0, 0.05) is 31.3 Å². The molecule has 2 aromatic rings. The first-order valence-electron chi connectivity index (χ1n) is 9.87. The molecule has 1 aliphatic rings. The summed E-state index contributed by atoms with van der Waals surface area (Å²) in [6, 6.07) is 11.2. The van der Waals surface area contributed by atoms with Gasteiger partial charge >= 0.3 is 0 Å². The van der Waals surface area contributed by atoms with Crippen molar-refractivity contribution in [3.8, 4) is 0 Å². The summed E-state index contributed by atoms with van der Waals surface area (Å²) in [7, 11) is -3.22. The molecule has 2 amide bonds. The van der Waals surface area contributed by atoms with Gasteiger partial charge in [0.05, 0.1) is 11.4 Å². The molecule has 3 rings (SSSR count). The van der Waals surface area contributed by atoms with E-state index in [-0.39, 0.29) is 30.3 Å². The van der Waals surface area contributed by atoms with E-state index >= 15 is 0 Å². The number of aryl methyl sites for hydroxylation is 1. The molecule has 31 heavy (non-hydrogen) atoms. The van der Waals surface area contributed by atoms with Gasteiger partial charge in [0.15, 0.2) is 0 Å². The zero-order valence-corrected chi connectivity index (χ0v) is 17.9. The van der Waals surface area contributed by atoms with E-state index in [0.29, 0.717) is 24.2 Å². The van der Waals surface area contributed by atoms with Gasteiger partial charge in [-0.1, -0.05) is 18.2 Å². The number of carbonyl (C=O) groups is 2. The van der Waals surface area contributed by atoms with Gasteiger partial charge < -0.3 is 10.6 Å². The molecule has 0 unspecified atom stereocenters. The highest BCUT2D eigenvalue weighted by atomic mass is 32.2. The minimum Gasteiger partial charge on any atom is -0.351 e. The van der Waals surface area contributed by atoms with Crippen LogP contribution in [0.15, 0.2) is 48.5 Å². The van der Waals surface area contributed by atoms with E-state index in [1.807, 2.05) is 0 Å². The quantitative estimate of drug-likeness (QED) is 0.505. The van der Waals surface area contributed by atoms with Crippen LogP contribution in [0.4, 0.5) is 10.1 Å². The molecule has 164 valence electrons. The van der Waals surface area contributed by atoms with E-state index in [1.54, 1.807) is 43.3 Å². The summed E-state index contributed by atoms with van der Waals surface area (Å²) in [5.41, 5.74) is 2.05. The van der Waals surface area contributed by atoms with Crippen molar-refractivity contribution < 1.29 is 22.4 Å². The first kappa shape index (κ1) is 22.5. The van der Waals surface area contributed by atoms with Gasteiger partial charge in [0.1, 0.15) is 5.82 Å². The largest absolute Gasteiger partial charge is 0.351 e. The molecule has 1 saturated heterocycles. The Bertz CT molecular complexity index is 1100. The molecule has 0 spiro atoms. The predicted molar refractivity (Wildman–Crippen MR) is 118 cm³/mol. The zero-order valence-electron chi connectivity index (χ0n) is 17.1. The summed E-state index contributed by atoms with van der Waals surface area (Å²) in [5, 5.41) is 5.26. The molecule has 7 nitrogen and oxygen atoms in total. The molecule has 2 aromatic carbocycles. The van der Waals surface area contributed by atoms with E-state index in [4.69, 9.17) is 0 Å². The third kappa shape index (κ3) is 5.91. The van der Waals surface area contributed by atoms with Crippen LogP contribution in [0.25, 0.3) is 6.08 Å². The summed E-state index contributed by atoms with van der Waals surface area (Å²) in [5.74, 6) is -1.02. The van der Waals surface area contributed by atoms with Crippen molar-refractivity contribution in [2.45, 2.75) is 13.3 Å². The van der Waals surface area contributed by atoms with E-state index in [0.717, 1.165) is 5.56 Å². The molecular formula is C22H24FN3O4S. The highest BCUT2D eigenvalue weighted by Gasteiger charge is 2.28. The van der Waals surface area contributed by atoms with Crippen LogP contribution in [0.2, 0.25) is 0 Å². The van der Waals surface area contributed by atoms with E-state index in [9.17, 15) is 22.4 Å².